The second-order valence-corrected chi connectivity index (χ2v) is 7.86. The molecule has 4 rings (SSSR count). The molecule has 0 aliphatic carbocycles. The summed E-state index contributed by atoms with van der Waals surface area (Å²) in [6.45, 7) is 6.54. The smallest absolute Gasteiger partial charge is 0.254 e. The molecule has 1 aliphatic rings. The maximum Gasteiger partial charge on any atom is 0.254 e. The van der Waals surface area contributed by atoms with Crippen molar-refractivity contribution in [3.8, 4) is 0 Å². The molecule has 1 aromatic carbocycles. The van der Waals surface area contributed by atoms with Gasteiger partial charge in [-0.3, -0.25) is 9.20 Å². The summed E-state index contributed by atoms with van der Waals surface area (Å²) in [6.07, 6.45) is 1.73. The van der Waals surface area contributed by atoms with E-state index < -0.39 is 0 Å². The maximum absolute atomic E-state index is 12.5. The quantitative estimate of drug-likeness (QED) is 0.659. The van der Waals surface area contributed by atoms with Gasteiger partial charge in [0.25, 0.3) is 5.78 Å². The predicted octanol–water partition coefficient (Wildman–Crippen LogP) is 1.77. The third-order valence-corrected chi connectivity index (χ3v) is 5.74. The van der Waals surface area contributed by atoms with Crippen LogP contribution in [0.4, 0.5) is 5.69 Å². The molecule has 2 N–H and O–H groups in total. The first-order valence-corrected chi connectivity index (χ1v) is 10.1. The Kier molecular flexibility index (Phi) is 5.23. The molecule has 1 amide bonds. The van der Waals surface area contributed by atoms with E-state index in [4.69, 9.17) is 12.2 Å². The van der Waals surface area contributed by atoms with Crippen molar-refractivity contribution < 1.29 is 9.69 Å². The second-order valence-electron chi connectivity index (χ2n) is 7.49. The van der Waals surface area contributed by atoms with E-state index in [9.17, 15) is 4.79 Å². The molecule has 0 saturated carbocycles. The van der Waals surface area contributed by atoms with Crippen LogP contribution in [0.1, 0.15) is 24.2 Å². The molecular formula is C20H25N6OS+. The van der Waals surface area contributed by atoms with Crippen LogP contribution in [-0.2, 0) is 11.5 Å². The Morgan fingerprint density at radius 3 is 2.68 bits per heavy atom. The summed E-state index contributed by atoms with van der Waals surface area (Å²) in [5.41, 5.74) is 2.84. The molecule has 1 saturated heterocycles. The Balaban J connectivity index is 1.39. The first-order chi connectivity index (χ1) is 13.5. The number of aromatic nitrogens is 4. The van der Waals surface area contributed by atoms with Gasteiger partial charge < -0.3 is 10.2 Å². The van der Waals surface area contributed by atoms with Crippen molar-refractivity contribution in [3.05, 3.63) is 52.6 Å². The minimum absolute atomic E-state index is 0.0598. The number of carbonyl (C=O) groups excluding carboxylic acids is 1. The number of amides is 1. The van der Waals surface area contributed by atoms with Gasteiger partial charge in [-0.1, -0.05) is 18.2 Å². The highest BCUT2D eigenvalue weighted by molar-refractivity contribution is 7.71. The van der Waals surface area contributed by atoms with Crippen LogP contribution in [0.3, 0.4) is 0 Å². The molecule has 0 unspecified atom stereocenters. The van der Waals surface area contributed by atoms with Crippen LogP contribution in [-0.4, -0.2) is 38.2 Å². The topological polar surface area (TPSA) is 68.7 Å². The molecule has 0 atom stereocenters. The van der Waals surface area contributed by atoms with Crippen LogP contribution in [0.25, 0.3) is 5.78 Å². The van der Waals surface area contributed by atoms with Crippen LogP contribution < -0.4 is 10.2 Å². The highest BCUT2D eigenvalue weighted by Crippen LogP contribution is 2.14. The van der Waals surface area contributed by atoms with Crippen LogP contribution >= 0.6 is 12.2 Å². The Bertz CT molecular complexity index is 1050. The van der Waals surface area contributed by atoms with Crippen molar-refractivity contribution >= 4 is 29.6 Å². The van der Waals surface area contributed by atoms with Gasteiger partial charge >= 0.3 is 0 Å². The molecule has 3 heterocycles. The lowest BCUT2D eigenvalue weighted by Gasteiger charge is -2.28. The van der Waals surface area contributed by atoms with E-state index >= 15 is 0 Å². The number of rotatable bonds is 4. The van der Waals surface area contributed by atoms with E-state index in [0.717, 1.165) is 43.0 Å². The fraction of sp³-hybridized carbons (Fsp3) is 0.400. The van der Waals surface area contributed by atoms with Crippen LogP contribution in [0.5, 0.6) is 0 Å². The highest BCUT2D eigenvalue weighted by atomic mass is 32.1. The summed E-state index contributed by atoms with van der Waals surface area (Å²) in [7, 11) is 0. The fourth-order valence-corrected chi connectivity index (χ4v) is 4.19. The number of hydrogen-bond donors (Lipinski definition) is 2. The molecule has 28 heavy (non-hydrogen) atoms. The number of fused-ring (bicyclic) bond motifs is 1. The molecule has 0 spiro atoms. The SMILES string of the molecule is Cc1cc(C)n2c(=S)n(C[NH+]3CCC(C(=O)Nc4ccccc4)CC3)nc2n1. The minimum atomic E-state index is 0.0598. The molecule has 7 nitrogen and oxygen atoms in total. The number of nitrogens with one attached hydrogen (secondary N) is 2. The van der Waals surface area contributed by atoms with E-state index in [1.54, 1.807) is 0 Å². The number of aryl methyl sites for hydroxylation is 2. The maximum atomic E-state index is 12.5. The molecule has 1 aliphatic heterocycles. The highest BCUT2D eigenvalue weighted by Gasteiger charge is 2.28. The lowest BCUT2D eigenvalue weighted by Crippen LogP contribution is -3.12. The van der Waals surface area contributed by atoms with Gasteiger partial charge in [-0.15, -0.1) is 5.10 Å². The number of piperidine rings is 1. The standard InChI is InChI=1S/C20H24N6OS/c1-14-12-15(2)26-19(21-14)23-25(20(26)28)13-24-10-8-16(9-11-24)18(27)22-17-6-4-3-5-7-17/h3-7,12,16H,8-11,13H2,1-2H3,(H,22,27)/p+1. The monoisotopic (exact) mass is 397 g/mol. The average Bonchev–Trinajstić information content (AvgIpc) is 2.98. The van der Waals surface area contributed by atoms with Gasteiger partial charge in [-0.05, 0) is 44.3 Å². The molecule has 0 radical (unpaired) electrons. The van der Waals surface area contributed by atoms with Crippen LogP contribution in [0, 0.1) is 24.5 Å². The van der Waals surface area contributed by atoms with E-state index in [0.29, 0.717) is 17.2 Å². The molecule has 2 aromatic heterocycles. The van der Waals surface area contributed by atoms with Crippen molar-refractivity contribution in [2.75, 3.05) is 18.4 Å². The summed E-state index contributed by atoms with van der Waals surface area (Å²) >= 11 is 5.61. The van der Waals surface area contributed by atoms with E-state index in [2.05, 4.69) is 15.4 Å². The van der Waals surface area contributed by atoms with Crippen LogP contribution in [0.2, 0.25) is 0 Å². The normalized spacial score (nSPS) is 19.6. The number of likely N-dealkylation sites (tertiary alicyclic amines) is 1. The van der Waals surface area contributed by atoms with Gasteiger partial charge in [0, 0.05) is 35.8 Å². The number of quaternary nitrogens is 1. The summed E-state index contributed by atoms with van der Waals surface area (Å²) < 4.78 is 4.46. The van der Waals surface area contributed by atoms with E-state index in [1.807, 2.05) is 59.3 Å². The molecule has 3 aromatic rings. The fourth-order valence-electron chi connectivity index (χ4n) is 3.86. The van der Waals surface area contributed by atoms with E-state index in [1.165, 1.54) is 4.90 Å². The molecule has 146 valence electrons. The second kappa shape index (κ2) is 7.81. The van der Waals surface area contributed by atoms with Crippen molar-refractivity contribution in [2.45, 2.75) is 33.4 Å². The molecule has 1 fully saturated rings. The van der Waals surface area contributed by atoms with Gasteiger partial charge in [-0.2, -0.15) is 4.68 Å². The zero-order chi connectivity index (χ0) is 19.7. The summed E-state index contributed by atoms with van der Waals surface area (Å²) in [5.74, 6) is 0.827. The Hall–Kier alpha value is -2.58. The van der Waals surface area contributed by atoms with Crippen LogP contribution in [0.15, 0.2) is 36.4 Å². The number of para-hydroxylation sites is 1. The third kappa shape index (κ3) is 3.83. The first kappa shape index (κ1) is 18.8. The largest absolute Gasteiger partial charge is 0.326 e. The number of benzene rings is 1. The molecule has 0 bridgehead atoms. The minimum Gasteiger partial charge on any atom is -0.326 e. The van der Waals surface area contributed by atoms with Crippen molar-refractivity contribution in [1.82, 2.24) is 19.2 Å². The molecule has 8 heteroatoms. The third-order valence-electron chi connectivity index (χ3n) is 5.35. The average molecular weight is 398 g/mol. The number of hydrogen-bond acceptors (Lipinski definition) is 4. The lowest BCUT2D eigenvalue weighted by molar-refractivity contribution is -0.928. The summed E-state index contributed by atoms with van der Waals surface area (Å²) in [6, 6.07) is 11.7. The van der Waals surface area contributed by atoms with Gasteiger partial charge in [0.1, 0.15) is 0 Å². The van der Waals surface area contributed by atoms with Crippen molar-refractivity contribution in [3.63, 3.8) is 0 Å². The number of carbonyl (C=O) groups is 1. The van der Waals surface area contributed by atoms with Gasteiger partial charge in [-0.25, -0.2) is 4.98 Å². The zero-order valence-corrected chi connectivity index (χ0v) is 17.0. The Labute approximate surface area is 169 Å². The van der Waals surface area contributed by atoms with E-state index in [-0.39, 0.29) is 11.8 Å². The van der Waals surface area contributed by atoms with Crippen molar-refractivity contribution in [2.24, 2.45) is 5.92 Å². The summed E-state index contributed by atoms with van der Waals surface area (Å²) in [4.78, 5) is 18.4. The number of anilines is 1. The lowest BCUT2D eigenvalue weighted by atomic mass is 9.96. The first-order valence-electron chi connectivity index (χ1n) is 9.64. The summed E-state index contributed by atoms with van der Waals surface area (Å²) in [5, 5.41) is 7.62. The van der Waals surface area contributed by atoms with Gasteiger partial charge in [0.2, 0.25) is 10.7 Å². The van der Waals surface area contributed by atoms with Gasteiger partial charge in [0.05, 0.1) is 13.1 Å². The zero-order valence-electron chi connectivity index (χ0n) is 16.2. The Morgan fingerprint density at radius 1 is 1.25 bits per heavy atom. The number of nitrogens with zero attached hydrogens (tertiary/aromatic N) is 4. The van der Waals surface area contributed by atoms with Crippen molar-refractivity contribution in [1.29, 1.82) is 0 Å². The van der Waals surface area contributed by atoms with Gasteiger partial charge in [0.15, 0.2) is 6.67 Å². The Morgan fingerprint density at radius 2 is 1.96 bits per heavy atom. The predicted molar refractivity (Wildman–Crippen MR) is 110 cm³/mol. The molecular weight excluding hydrogens is 372 g/mol.